The highest BCUT2D eigenvalue weighted by molar-refractivity contribution is 5.73. The van der Waals surface area contributed by atoms with Gasteiger partial charge in [-0.3, -0.25) is 4.98 Å². The molecule has 0 aliphatic carbocycles. The standard InChI is InChI=1S/C16H27N3O2/c1-4-14(5-2)15(20)11-19-16(21)17-9-8-13-7-6-12(3)18-10-13/h6-7,10,14-15,20H,4-5,8-9,11H2,1-3H3,(H2,17,19,21). The largest absolute Gasteiger partial charge is 0.391 e. The summed E-state index contributed by atoms with van der Waals surface area (Å²) < 4.78 is 0. The minimum Gasteiger partial charge on any atom is -0.391 e. The molecule has 0 fully saturated rings. The lowest BCUT2D eigenvalue weighted by molar-refractivity contribution is 0.103. The van der Waals surface area contributed by atoms with E-state index in [1.807, 2.05) is 39.1 Å². The molecule has 1 rings (SSSR count). The predicted molar refractivity (Wildman–Crippen MR) is 84.2 cm³/mol. The van der Waals surface area contributed by atoms with Crippen molar-refractivity contribution in [1.29, 1.82) is 0 Å². The number of aryl methyl sites for hydroxylation is 1. The number of nitrogens with zero attached hydrogens (tertiary/aromatic N) is 1. The molecule has 1 atom stereocenters. The first-order valence-electron chi connectivity index (χ1n) is 7.68. The molecule has 0 bridgehead atoms. The van der Waals surface area contributed by atoms with Crippen molar-refractivity contribution in [2.45, 2.75) is 46.1 Å². The van der Waals surface area contributed by atoms with Crippen LogP contribution >= 0.6 is 0 Å². The first kappa shape index (κ1) is 17.4. The van der Waals surface area contributed by atoms with Crippen molar-refractivity contribution in [3.05, 3.63) is 29.6 Å². The zero-order chi connectivity index (χ0) is 15.7. The summed E-state index contributed by atoms with van der Waals surface area (Å²) in [5.41, 5.74) is 2.08. The summed E-state index contributed by atoms with van der Waals surface area (Å²) >= 11 is 0. The maximum Gasteiger partial charge on any atom is 0.314 e. The van der Waals surface area contributed by atoms with Crippen molar-refractivity contribution >= 4 is 6.03 Å². The van der Waals surface area contributed by atoms with E-state index in [9.17, 15) is 9.90 Å². The smallest absolute Gasteiger partial charge is 0.314 e. The number of aliphatic hydroxyl groups is 1. The highest BCUT2D eigenvalue weighted by Crippen LogP contribution is 2.12. The highest BCUT2D eigenvalue weighted by atomic mass is 16.3. The first-order chi connectivity index (χ1) is 10.1. The molecule has 0 spiro atoms. The lowest BCUT2D eigenvalue weighted by atomic mass is 9.97. The van der Waals surface area contributed by atoms with Crippen LogP contribution in [0.4, 0.5) is 4.79 Å². The SMILES string of the molecule is CCC(CC)C(O)CNC(=O)NCCc1ccc(C)nc1. The van der Waals surface area contributed by atoms with E-state index in [1.165, 1.54) is 0 Å². The molecule has 1 aromatic heterocycles. The monoisotopic (exact) mass is 293 g/mol. The van der Waals surface area contributed by atoms with E-state index >= 15 is 0 Å². The van der Waals surface area contributed by atoms with Crippen molar-refractivity contribution in [1.82, 2.24) is 15.6 Å². The summed E-state index contributed by atoms with van der Waals surface area (Å²) in [5.74, 6) is 0.240. The predicted octanol–water partition coefficient (Wildman–Crippen LogP) is 2.03. The minimum atomic E-state index is -0.480. The fraction of sp³-hybridized carbons (Fsp3) is 0.625. The number of rotatable bonds is 8. The van der Waals surface area contributed by atoms with Gasteiger partial charge < -0.3 is 15.7 Å². The maximum absolute atomic E-state index is 11.6. The van der Waals surface area contributed by atoms with E-state index < -0.39 is 6.10 Å². The van der Waals surface area contributed by atoms with Gasteiger partial charge in [0.2, 0.25) is 0 Å². The number of nitrogens with one attached hydrogen (secondary N) is 2. The minimum absolute atomic E-state index is 0.236. The van der Waals surface area contributed by atoms with Gasteiger partial charge in [-0.15, -0.1) is 0 Å². The molecule has 5 nitrogen and oxygen atoms in total. The van der Waals surface area contributed by atoms with Gasteiger partial charge in [0.15, 0.2) is 0 Å². The molecule has 5 heteroatoms. The van der Waals surface area contributed by atoms with Gasteiger partial charge in [-0.2, -0.15) is 0 Å². The Morgan fingerprint density at radius 3 is 2.57 bits per heavy atom. The van der Waals surface area contributed by atoms with E-state index in [4.69, 9.17) is 0 Å². The fourth-order valence-corrected chi connectivity index (χ4v) is 2.23. The number of carbonyl (C=O) groups is 1. The molecule has 0 radical (unpaired) electrons. The Morgan fingerprint density at radius 1 is 1.29 bits per heavy atom. The third kappa shape index (κ3) is 6.58. The highest BCUT2D eigenvalue weighted by Gasteiger charge is 2.15. The van der Waals surface area contributed by atoms with Crippen LogP contribution in [-0.2, 0) is 6.42 Å². The average molecular weight is 293 g/mol. The number of urea groups is 1. The van der Waals surface area contributed by atoms with Gasteiger partial charge in [-0.25, -0.2) is 4.79 Å². The average Bonchev–Trinajstić information content (AvgIpc) is 2.48. The Kier molecular flexibility index (Phi) is 7.75. The zero-order valence-electron chi connectivity index (χ0n) is 13.2. The van der Waals surface area contributed by atoms with Gasteiger partial charge in [0, 0.05) is 25.0 Å². The second kappa shape index (κ2) is 9.34. The van der Waals surface area contributed by atoms with Crippen molar-refractivity contribution in [3.63, 3.8) is 0 Å². The van der Waals surface area contributed by atoms with Crippen LogP contribution in [0.1, 0.15) is 37.9 Å². The molecule has 0 aromatic carbocycles. The van der Waals surface area contributed by atoms with Gasteiger partial charge in [-0.1, -0.05) is 32.8 Å². The van der Waals surface area contributed by atoms with E-state index in [2.05, 4.69) is 15.6 Å². The Balaban J connectivity index is 2.20. The van der Waals surface area contributed by atoms with Crippen LogP contribution in [0.15, 0.2) is 18.3 Å². The van der Waals surface area contributed by atoms with Gasteiger partial charge >= 0.3 is 6.03 Å². The van der Waals surface area contributed by atoms with Crippen LogP contribution in [0.2, 0.25) is 0 Å². The van der Waals surface area contributed by atoms with Crippen molar-refractivity contribution in [3.8, 4) is 0 Å². The molecular weight excluding hydrogens is 266 g/mol. The van der Waals surface area contributed by atoms with Crippen LogP contribution in [0, 0.1) is 12.8 Å². The fourth-order valence-electron chi connectivity index (χ4n) is 2.23. The number of hydrogen-bond donors (Lipinski definition) is 3. The molecule has 1 heterocycles. The molecule has 0 saturated heterocycles. The van der Waals surface area contributed by atoms with Gasteiger partial charge in [0.25, 0.3) is 0 Å². The Morgan fingerprint density at radius 2 is 2.00 bits per heavy atom. The zero-order valence-corrected chi connectivity index (χ0v) is 13.2. The molecule has 3 N–H and O–H groups in total. The summed E-state index contributed by atoms with van der Waals surface area (Å²) in [6, 6.07) is 3.74. The van der Waals surface area contributed by atoms with Gasteiger partial charge in [0.05, 0.1) is 6.10 Å². The second-order valence-corrected chi connectivity index (χ2v) is 5.34. The summed E-state index contributed by atoms with van der Waals surface area (Å²) in [4.78, 5) is 15.9. The number of hydrogen-bond acceptors (Lipinski definition) is 3. The van der Waals surface area contributed by atoms with E-state index in [-0.39, 0.29) is 11.9 Å². The topological polar surface area (TPSA) is 74.2 Å². The van der Waals surface area contributed by atoms with Crippen LogP contribution in [0.3, 0.4) is 0 Å². The van der Waals surface area contributed by atoms with E-state index in [0.29, 0.717) is 13.1 Å². The lowest BCUT2D eigenvalue weighted by Crippen LogP contribution is -2.42. The Labute approximate surface area is 127 Å². The molecule has 0 aliphatic heterocycles. The third-order valence-electron chi connectivity index (χ3n) is 3.74. The molecule has 0 saturated carbocycles. The quantitative estimate of drug-likeness (QED) is 0.686. The lowest BCUT2D eigenvalue weighted by Gasteiger charge is -2.20. The number of aliphatic hydroxyl groups excluding tert-OH is 1. The molecule has 21 heavy (non-hydrogen) atoms. The van der Waals surface area contributed by atoms with Crippen LogP contribution in [0.5, 0.6) is 0 Å². The molecule has 1 unspecified atom stereocenters. The van der Waals surface area contributed by atoms with Crippen molar-refractivity contribution < 1.29 is 9.90 Å². The summed E-state index contributed by atoms with van der Waals surface area (Å²) in [7, 11) is 0. The van der Waals surface area contributed by atoms with Crippen LogP contribution in [0.25, 0.3) is 0 Å². The van der Waals surface area contributed by atoms with Crippen molar-refractivity contribution in [2.24, 2.45) is 5.92 Å². The first-order valence-corrected chi connectivity index (χ1v) is 7.68. The third-order valence-corrected chi connectivity index (χ3v) is 3.74. The molecule has 2 amide bonds. The maximum atomic E-state index is 11.6. The second-order valence-electron chi connectivity index (χ2n) is 5.34. The number of aromatic nitrogens is 1. The summed E-state index contributed by atoms with van der Waals surface area (Å²) in [6.45, 7) is 6.89. The number of carbonyl (C=O) groups excluding carboxylic acids is 1. The summed E-state index contributed by atoms with van der Waals surface area (Å²) in [5, 5.41) is 15.4. The molecule has 0 aliphatic rings. The van der Waals surface area contributed by atoms with Gasteiger partial charge in [0.1, 0.15) is 0 Å². The Hall–Kier alpha value is -1.62. The van der Waals surface area contributed by atoms with Crippen molar-refractivity contribution in [2.75, 3.05) is 13.1 Å². The van der Waals surface area contributed by atoms with Gasteiger partial charge in [-0.05, 0) is 30.9 Å². The van der Waals surface area contributed by atoms with E-state index in [1.54, 1.807) is 0 Å². The Bertz CT molecular complexity index is 416. The van der Waals surface area contributed by atoms with Crippen LogP contribution in [-0.4, -0.2) is 35.3 Å². The molecular formula is C16H27N3O2. The number of amides is 2. The molecule has 1 aromatic rings. The summed E-state index contributed by atoms with van der Waals surface area (Å²) in [6.07, 6.45) is 3.93. The number of pyridine rings is 1. The van der Waals surface area contributed by atoms with E-state index in [0.717, 1.165) is 30.5 Å². The normalized spacial score (nSPS) is 12.2. The molecule has 118 valence electrons. The van der Waals surface area contributed by atoms with Crippen LogP contribution < -0.4 is 10.6 Å².